The lowest BCUT2D eigenvalue weighted by molar-refractivity contribution is 0.137. The molecule has 1 aliphatic carbocycles. The smallest absolute Gasteiger partial charge is 0.193 e. The second kappa shape index (κ2) is 4.34. The maximum Gasteiger partial charge on any atom is 0.193 e. The summed E-state index contributed by atoms with van der Waals surface area (Å²) in [6.07, 6.45) is 3.13. The van der Waals surface area contributed by atoms with Crippen molar-refractivity contribution in [3.05, 3.63) is 23.1 Å². The van der Waals surface area contributed by atoms with Gasteiger partial charge in [0, 0.05) is 12.6 Å². The van der Waals surface area contributed by atoms with E-state index in [0.29, 0.717) is 23.6 Å². The van der Waals surface area contributed by atoms with E-state index < -0.39 is 6.10 Å². The predicted octanol–water partition coefficient (Wildman–Crippen LogP) is 2.11. The summed E-state index contributed by atoms with van der Waals surface area (Å²) < 4.78 is 5.10. The van der Waals surface area contributed by atoms with Crippen LogP contribution in [0.1, 0.15) is 31.1 Å². The number of halogens is 1. The van der Waals surface area contributed by atoms with Crippen molar-refractivity contribution >= 4 is 11.6 Å². The summed E-state index contributed by atoms with van der Waals surface area (Å²) in [5, 5.41) is 13.3. The molecule has 0 aliphatic heterocycles. The molecule has 14 heavy (non-hydrogen) atoms. The molecule has 0 aromatic carbocycles. The van der Waals surface area contributed by atoms with Gasteiger partial charge in [0.25, 0.3) is 0 Å². The summed E-state index contributed by atoms with van der Waals surface area (Å²) in [6.45, 7) is 0.536. The Kier molecular flexibility index (Phi) is 3.11. The second-order valence-corrected chi connectivity index (χ2v) is 4.07. The monoisotopic (exact) mass is 215 g/mol. The summed E-state index contributed by atoms with van der Waals surface area (Å²) >= 11 is 5.61. The first kappa shape index (κ1) is 10.0. The number of furan rings is 1. The van der Waals surface area contributed by atoms with Crippen molar-refractivity contribution in [1.82, 2.24) is 5.32 Å². The van der Waals surface area contributed by atoms with E-state index in [0.717, 1.165) is 0 Å². The quantitative estimate of drug-likeness (QED) is 0.809. The van der Waals surface area contributed by atoms with Crippen molar-refractivity contribution in [2.75, 3.05) is 6.54 Å². The third-order valence-electron chi connectivity index (χ3n) is 2.63. The Bertz CT molecular complexity index is 296. The molecule has 1 aliphatic rings. The highest BCUT2D eigenvalue weighted by Gasteiger charge is 2.19. The fourth-order valence-corrected chi connectivity index (χ4v) is 1.65. The van der Waals surface area contributed by atoms with E-state index in [1.165, 1.54) is 19.3 Å². The molecule has 1 aromatic rings. The summed E-state index contributed by atoms with van der Waals surface area (Å²) in [5.41, 5.74) is 0. The van der Waals surface area contributed by atoms with Crippen molar-refractivity contribution < 1.29 is 9.52 Å². The van der Waals surface area contributed by atoms with Crippen LogP contribution in [0, 0.1) is 0 Å². The number of rotatable bonds is 4. The molecule has 1 heterocycles. The van der Waals surface area contributed by atoms with Crippen molar-refractivity contribution in [3.8, 4) is 0 Å². The van der Waals surface area contributed by atoms with Gasteiger partial charge in [-0.2, -0.15) is 0 Å². The van der Waals surface area contributed by atoms with Gasteiger partial charge in [0.1, 0.15) is 11.9 Å². The van der Waals surface area contributed by atoms with Crippen LogP contribution in [0.5, 0.6) is 0 Å². The van der Waals surface area contributed by atoms with Crippen LogP contribution in [0.3, 0.4) is 0 Å². The van der Waals surface area contributed by atoms with Gasteiger partial charge in [0.15, 0.2) is 5.22 Å². The third-order valence-corrected chi connectivity index (χ3v) is 2.83. The Hall–Kier alpha value is -0.510. The Balaban J connectivity index is 1.79. The number of aliphatic hydroxyl groups is 1. The molecule has 1 saturated carbocycles. The standard InChI is InChI=1S/C10H14ClNO2/c11-10-5-4-9(14-10)8(13)6-12-7-2-1-3-7/h4-5,7-8,12-13H,1-3,6H2. The molecule has 0 amide bonds. The highest BCUT2D eigenvalue weighted by Crippen LogP contribution is 2.21. The lowest BCUT2D eigenvalue weighted by Gasteiger charge is -2.27. The molecule has 0 spiro atoms. The molecule has 78 valence electrons. The zero-order valence-corrected chi connectivity index (χ0v) is 8.63. The Morgan fingerprint density at radius 2 is 2.36 bits per heavy atom. The maximum atomic E-state index is 9.69. The lowest BCUT2D eigenvalue weighted by Crippen LogP contribution is -2.37. The van der Waals surface area contributed by atoms with Crippen LogP contribution in [-0.4, -0.2) is 17.7 Å². The minimum absolute atomic E-state index is 0.322. The highest BCUT2D eigenvalue weighted by atomic mass is 35.5. The minimum Gasteiger partial charge on any atom is -0.447 e. The van der Waals surface area contributed by atoms with Crippen LogP contribution >= 0.6 is 11.6 Å². The molecule has 1 atom stereocenters. The zero-order valence-electron chi connectivity index (χ0n) is 7.87. The normalized spacial score (nSPS) is 19.3. The first-order valence-electron chi connectivity index (χ1n) is 4.92. The van der Waals surface area contributed by atoms with Crippen LogP contribution in [0.2, 0.25) is 5.22 Å². The van der Waals surface area contributed by atoms with Crippen molar-refractivity contribution in [2.24, 2.45) is 0 Å². The fraction of sp³-hybridized carbons (Fsp3) is 0.600. The Labute approximate surface area is 88.1 Å². The van der Waals surface area contributed by atoms with Gasteiger partial charge in [0.05, 0.1) is 0 Å². The molecule has 0 bridgehead atoms. The lowest BCUT2D eigenvalue weighted by atomic mass is 9.93. The summed E-state index contributed by atoms with van der Waals surface area (Å²) in [4.78, 5) is 0. The molecular formula is C10H14ClNO2. The Morgan fingerprint density at radius 3 is 2.86 bits per heavy atom. The summed E-state index contributed by atoms with van der Waals surface area (Å²) in [6, 6.07) is 3.92. The number of aliphatic hydroxyl groups excluding tert-OH is 1. The second-order valence-electron chi connectivity index (χ2n) is 3.69. The molecule has 1 aromatic heterocycles. The fourth-order valence-electron chi connectivity index (χ4n) is 1.50. The van der Waals surface area contributed by atoms with E-state index >= 15 is 0 Å². The van der Waals surface area contributed by atoms with E-state index in [4.69, 9.17) is 16.0 Å². The van der Waals surface area contributed by atoms with E-state index in [1.54, 1.807) is 12.1 Å². The van der Waals surface area contributed by atoms with Crippen molar-refractivity contribution in [2.45, 2.75) is 31.4 Å². The topological polar surface area (TPSA) is 45.4 Å². The highest BCUT2D eigenvalue weighted by molar-refractivity contribution is 6.28. The van der Waals surface area contributed by atoms with Gasteiger partial charge >= 0.3 is 0 Å². The van der Waals surface area contributed by atoms with Crippen molar-refractivity contribution in [1.29, 1.82) is 0 Å². The SMILES string of the molecule is OC(CNC1CCC1)c1ccc(Cl)o1. The van der Waals surface area contributed by atoms with Gasteiger partial charge in [0.2, 0.25) is 0 Å². The van der Waals surface area contributed by atoms with E-state index in [2.05, 4.69) is 5.32 Å². The van der Waals surface area contributed by atoms with Gasteiger partial charge in [-0.1, -0.05) is 6.42 Å². The largest absolute Gasteiger partial charge is 0.447 e. The molecule has 2 rings (SSSR count). The van der Waals surface area contributed by atoms with E-state index in [-0.39, 0.29) is 0 Å². The molecular weight excluding hydrogens is 202 g/mol. The Morgan fingerprint density at radius 1 is 1.57 bits per heavy atom. The maximum absolute atomic E-state index is 9.69. The van der Waals surface area contributed by atoms with Crippen LogP contribution < -0.4 is 5.32 Å². The zero-order chi connectivity index (χ0) is 9.97. The average molecular weight is 216 g/mol. The number of hydrogen-bond acceptors (Lipinski definition) is 3. The molecule has 0 radical (unpaired) electrons. The summed E-state index contributed by atoms with van der Waals surface area (Å²) in [5.74, 6) is 0.529. The average Bonchev–Trinajstić information content (AvgIpc) is 2.49. The van der Waals surface area contributed by atoms with Crippen LogP contribution in [0.25, 0.3) is 0 Å². The molecule has 2 N–H and O–H groups in total. The molecule has 0 saturated heterocycles. The van der Waals surface area contributed by atoms with Gasteiger partial charge in [-0.05, 0) is 36.6 Å². The van der Waals surface area contributed by atoms with Crippen LogP contribution in [0.15, 0.2) is 16.5 Å². The summed E-state index contributed by atoms with van der Waals surface area (Å²) in [7, 11) is 0. The first-order valence-corrected chi connectivity index (χ1v) is 5.30. The first-order chi connectivity index (χ1) is 6.75. The van der Waals surface area contributed by atoms with Gasteiger partial charge in [-0.25, -0.2) is 0 Å². The number of hydrogen-bond donors (Lipinski definition) is 2. The molecule has 1 unspecified atom stereocenters. The van der Waals surface area contributed by atoms with Crippen molar-refractivity contribution in [3.63, 3.8) is 0 Å². The van der Waals surface area contributed by atoms with Gasteiger partial charge in [-0.15, -0.1) is 0 Å². The van der Waals surface area contributed by atoms with Gasteiger partial charge in [-0.3, -0.25) is 0 Å². The minimum atomic E-state index is -0.594. The molecule has 1 fully saturated rings. The van der Waals surface area contributed by atoms with Crippen LogP contribution in [-0.2, 0) is 0 Å². The van der Waals surface area contributed by atoms with E-state index in [1.807, 2.05) is 0 Å². The molecule has 3 nitrogen and oxygen atoms in total. The number of nitrogens with one attached hydrogen (secondary N) is 1. The predicted molar refractivity (Wildman–Crippen MR) is 54.3 cm³/mol. The van der Waals surface area contributed by atoms with Crippen LogP contribution in [0.4, 0.5) is 0 Å². The molecule has 4 heteroatoms. The van der Waals surface area contributed by atoms with E-state index in [9.17, 15) is 5.11 Å². The van der Waals surface area contributed by atoms with Gasteiger partial charge < -0.3 is 14.8 Å². The third kappa shape index (κ3) is 2.29.